The molecule has 0 saturated carbocycles. The monoisotopic (exact) mass is 1280 g/mol. The summed E-state index contributed by atoms with van der Waals surface area (Å²) < 4.78 is 89.3. The van der Waals surface area contributed by atoms with Crippen molar-refractivity contribution in [2.24, 2.45) is 0 Å². The van der Waals surface area contributed by atoms with E-state index < -0.39 is 121 Å². The normalized spacial score (nSPS) is 28.0. The van der Waals surface area contributed by atoms with Crippen LogP contribution in [0, 0.1) is 0 Å². The molecule has 0 spiro atoms. The smallest absolute Gasteiger partial charge is 0.338 e. The van der Waals surface area contributed by atoms with E-state index in [0.29, 0.717) is 11.3 Å². The highest BCUT2D eigenvalue weighted by atomic mass is 35.5. The van der Waals surface area contributed by atoms with Gasteiger partial charge in [0.25, 0.3) is 11.8 Å². The first-order valence-corrected chi connectivity index (χ1v) is 32.0. The minimum Gasteiger partial charge on any atom is -0.454 e. The van der Waals surface area contributed by atoms with Crippen LogP contribution < -0.4 is 0 Å². The lowest BCUT2D eigenvalue weighted by Crippen LogP contribution is -2.70. The molecular formula is C71H70ClNO17S. The van der Waals surface area contributed by atoms with Gasteiger partial charge in [0.2, 0.25) is 0 Å². The predicted octanol–water partition coefficient (Wildman–Crippen LogP) is 10.4. The van der Waals surface area contributed by atoms with Gasteiger partial charge in [0, 0.05) is 5.56 Å². The molecular weight excluding hydrogens is 1210 g/mol. The number of amides is 2. The van der Waals surface area contributed by atoms with Gasteiger partial charge >= 0.3 is 11.9 Å². The molecule has 2 amide bonds. The second kappa shape index (κ2) is 31.0. The topological polar surface area (TPSA) is 192 Å². The summed E-state index contributed by atoms with van der Waals surface area (Å²) in [6, 6.07) is 61.3. The van der Waals surface area contributed by atoms with Crippen LogP contribution in [0.2, 0.25) is 0 Å². The van der Waals surface area contributed by atoms with E-state index in [9.17, 15) is 9.59 Å². The lowest BCUT2D eigenvalue weighted by molar-refractivity contribution is -0.383. The minimum atomic E-state index is -1.72. The fraction of sp³-hybridized carbons (Fsp3) is 0.352. The second-order valence-electron chi connectivity index (χ2n) is 22.3. The average Bonchev–Trinajstić information content (AvgIpc) is 1.73. The molecule has 0 N–H and O–H groups in total. The second-order valence-corrected chi connectivity index (χ2v) is 24.0. The lowest BCUT2D eigenvalue weighted by Gasteiger charge is -2.53. The van der Waals surface area contributed by atoms with Crippen molar-refractivity contribution in [1.82, 2.24) is 4.90 Å². The molecule has 15 atom stereocenters. The lowest BCUT2D eigenvalue weighted by atomic mass is 9.94. The Balaban J connectivity index is 0.989. The van der Waals surface area contributed by atoms with E-state index in [0.717, 1.165) is 27.2 Å². The molecule has 91 heavy (non-hydrogen) atoms. The number of hydrogen-bond donors (Lipinski definition) is 0. The van der Waals surface area contributed by atoms with Crippen LogP contribution in [0.1, 0.15) is 72.1 Å². The molecule has 18 nitrogen and oxygen atoms in total. The van der Waals surface area contributed by atoms with Gasteiger partial charge in [-0.15, -0.1) is 23.4 Å². The van der Waals surface area contributed by atoms with Gasteiger partial charge in [-0.1, -0.05) is 189 Å². The Kier molecular flexibility index (Phi) is 21.8. The number of esters is 2. The molecule has 5 aliphatic rings. The van der Waals surface area contributed by atoms with E-state index in [-0.39, 0.29) is 62.9 Å². The Hall–Kier alpha value is -7.18. The Morgan fingerprint density at radius 2 is 1.05 bits per heavy atom. The van der Waals surface area contributed by atoms with Crippen molar-refractivity contribution in [3.63, 3.8) is 0 Å². The zero-order valence-electron chi connectivity index (χ0n) is 49.8. The number of halogens is 1. The summed E-state index contributed by atoms with van der Waals surface area (Å²) in [5, 5.41) is 0. The summed E-state index contributed by atoms with van der Waals surface area (Å²) in [4.78, 5) is 60.1. The molecule has 7 aromatic carbocycles. The van der Waals surface area contributed by atoms with E-state index in [1.165, 1.54) is 11.8 Å². The highest BCUT2D eigenvalue weighted by molar-refractivity contribution is 7.99. The molecule has 474 valence electrons. The average molecular weight is 1280 g/mol. The van der Waals surface area contributed by atoms with E-state index in [2.05, 4.69) is 0 Å². The summed E-state index contributed by atoms with van der Waals surface area (Å²) in [7, 11) is 0. The summed E-state index contributed by atoms with van der Waals surface area (Å²) >= 11 is 7.57. The predicted molar refractivity (Wildman–Crippen MR) is 333 cm³/mol. The molecule has 20 heteroatoms. The van der Waals surface area contributed by atoms with Gasteiger partial charge in [0.05, 0.1) is 62.9 Å². The Morgan fingerprint density at radius 1 is 0.527 bits per heavy atom. The number of thioether (sulfide) groups is 1. The van der Waals surface area contributed by atoms with E-state index in [1.807, 2.05) is 159 Å². The molecule has 4 fully saturated rings. The largest absolute Gasteiger partial charge is 0.454 e. The number of alkyl halides is 1. The molecule has 5 heterocycles. The fourth-order valence-electron chi connectivity index (χ4n) is 11.9. The van der Waals surface area contributed by atoms with Crippen molar-refractivity contribution in [1.29, 1.82) is 0 Å². The summed E-state index contributed by atoms with van der Waals surface area (Å²) in [5.41, 5.74) is 3.60. The molecule has 0 aromatic heterocycles. The van der Waals surface area contributed by atoms with Gasteiger partial charge in [0.15, 0.2) is 31.1 Å². The van der Waals surface area contributed by atoms with Gasteiger partial charge < -0.3 is 61.6 Å². The third-order valence-electron chi connectivity index (χ3n) is 16.3. The van der Waals surface area contributed by atoms with Crippen molar-refractivity contribution in [3.05, 3.63) is 251 Å². The van der Waals surface area contributed by atoms with Crippen LogP contribution >= 0.6 is 23.4 Å². The van der Waals surface area contributed by atoms with Gasteiger partial charge in [-0.3, -0.25) is 19.3 Å². The van der Waals surface area contributed by atoms with Crippen LogP contribution in [0.4, 0.5) is 0 Å². The number of hydrogen-bond acceptors (Lipinski definition) is 18. The Morgan fingerprint density at radius 3 is 1.64 bits per heavy atom. The molecule has 1 unspecified atom stereocenters. The van der Waals surface area contributed by atoms with Crippen LogP contribution in [-0.2, 0) is 92.8 Å². The van der Waals surface area contributed by atoms with Crippen molar-refractivity contribution in [3.8, 4) is 0 Å². The van der Waals surface area contributed by atoms with E-state index in [1.54, 1.807) is 54.6 Å². The number of benzene rings is 7. The molecule has 5 aliphatic heterocycles. The summed E-state index contributed by atoms with van der Waals surface area (Å²) in [5.74, 6) is -3.10. The van der Waals surface area contributed by atoms with Crippen LogP contribution in [0.5, 0.6) is 0 Å². The minimum absolute atomic E-state index is 0.0590. The Labute approximate surface area is 537 Å². The number of carbonyl (C=O) groups excluding carboxylic acids is 4. The zero-order valence-corrected chi connectivity index (χ0v) is 51.4. The molecule has 0 aliphatic carbocycles. The Bertz CT molecular complexity index is 3440. The first-order valence-electron chi connectivity index (χ1n) is 30.4. The molecule has 0 bridgehead atoms. The number of imide groups is 1. The van der Waals surface area contributed by atoms with Gasteiger partial charge in [-0.05, 0) is 52.3 Å². The first kappa shape index (κ1) is 63.9. The quantitative estimate of drug-likeness (QED) is 0.0298. The first-order chi connectivity index (χ1) is 44.7. The molecule has 12 rings (SSSR count). The van der Waals surface area contributed by atoms with E-state index >= 15 is 9.59 Å². The molecule has 7 aromatic rings. The highest BCUT2D eigenvalue weighted by Crippen LogP contribution is 2.44. The van der Waals surface area contributed by atoms with Crippen LogP contribution in [0.25, 0.3) is 0 Å². The van der Waals surface area contributed by atoms with Gasteiger partial charge in [-0.2, -0.15) is 0 Å². The number of carbonyl (C=O) groups is 4. The maximum Gasteiger partial charge on any atom is 0.338 e. The van der Waals surface area contributed by atoms with E-state index in [4.69, 9.17) is 73.2 Å². The maximum absolute atomic E-state index is 15.3. The number of rotatable bonds is 25. The van der Waals surface area contributed by atoms with Crippen LogP contribution in [0.3, 0.4) is 0 Å². The van der Waals surface area contributed by atoms with Gasteiger partial charge in [-0.25, -0.2) is 4.79 Å². The summed E-state index contributed by atoms with van der Waals surface area (Å²) in [6.07, 6.45) is -16.1. The summed E-state index contributed by atoms with van der Waals surface area (Å²) in [6.45, 7) is 2.18. The fourth-order valence-corrected chi connectivity index (χ4v) is 13.0. The van der Waals surface area contributed by atoms with Crippen LogP contribution in [0.15, 0.2) is 206 Å². The number of nitrogens with zero attached hydrogens (tertiary/aromatic N) is 1. The maximum atomic E-state index is 15.3. The van der Waals surface area contributed by atoms with Crippen LogP contribution in [-0.4, -0.2) is 145 Å². The third kappa shape index (κ3) is 15.3. The third-order valence-corrected chi connectivity index (χ3v) is 17.6. The van der Waals surface area contributed by atoms with Crippen molar-refractivity contribution < 1.29 is 80.8 Å². The zero-order chi connectivity index (χ0) is 62.5. The van der Waals surface area contributed by atoms with Crippen molar-refractivity contribution in [2.75, 3.05) is 31.5 Å². The number of fused-ring (bicyclic) bond motifs is 2. The van der Waals surface area contributed by atoms with Gasteiger partial charge in [0.1, 0.15) is 66.2 Å². The molecule has 4 saturated heterocycles. The molecule has 0 radical (unpaired) electrons. The standard InChI is InChI=1S/C71H70ClNO17S/c1-2-91-71-57(73-65(75)51-35-21-22-36-52(51)66(73)76)61(90-70-64(87-67(77)49-31-17-7-18-32-49)62(86-56(74)37-72)60-55(84-70)44-82-68(88-60)50-33-19-8-20-34-50)59(54(85-71)42-78-38-45-23-9-3-10-24-45)89-69-63(81-41-48-29-15-6-16-30-48)58(80-40-47-27-13-5-14-28-47)53(43-83-69)79-39-46-25-11-4-12-26-46/h3-36,53-55,57-64,68-71H,2,37-44H2,1H3/t53-,54-,55-,57-,58-,59-,60+,61-,62+,63+,64-,68?,69+,70+,71+/m1/s1. The highest BCUT2D eigenvalue weighted by Gasteiger charge is 2.61. The van der Waals surface area contributed by atoms with Crippen molar-refractivity contribution in [2.45, 2.75) is 125 Å². The SMILES string of the molecule is CCS[C@@H]1O[C@H](COCc2ccccc2)[C@@H](O[C@@H]2OC[C@@H](OCc3ccccc3)[C@@H](OCc3ccccc3)[C@@H]2OCc2ccccc2)[C@H](O[C@@H]2O[C@@H]3COC(c4ccccc4)O[C@@H]3[C@H](OC(=O)CCl)[C@H]2OC(=O)c2ccccc2)[C@H]1N1C(=O)c2ccccc2C1=O. The van der Waals surface area contributed by atoms with Crippen molar-refractivity contribution >= 4 is 47.1 Å². The number of ether oxygens (including phenoxy) is 13.